The highest BCUT2D eigenvalue weighted by molar-refractivity contribution is 7.38. The Morgan fingerprint density at radius 1 is 1.30 bits per heavy atom. The fourth-order valence-electron chi connectivity index (χ4n) is 1.51. The first-order valence-corrected chi connectivity index (χ1v) is 8.53. The summed E-state index contributed by atoms with van der Waals surface area (Å²) in [4.78, 5) is 15.6. The van der Waals surface area contributed by atoms with E-state index < -0.39 is 14.1 Å². The molecule has 0 spiro atoms. The molecule has 6 nitrogen and oxygen atoms in total. The Kier molecular flexibility index (Phi) is 11.7. The highest BCUT2D eigenvalue weighted by Gasteiger charge is 2.11. The Hall–Kier alpha value is -0.680. The minimum atomic E-state index is -1.85. The summed E-state index contributed by atoms with van der Waals surface area (Å²) in [5, 5.41) is 8.59. The molecule has 0 aliphatic rings. The second kappa shape index (κ2) is 12.1. The van der Waals surface area contributed by atoms with Crippen LogP contribution in [0.15, 0.2) is 12.2 Å². The summed E-state index contributed by atoms with van der Waals surface area (Å²) < 4.78 is 20.7. The first-order chi connectivity index (χ1) is 9.47. The van der Waals surface area contributed by atoms with Crippen molar-refractivity contribution >= 4 is 14.0 Å². The Balaban J connectivity index is 3.50. The molecule has 0 saturated heterocycles. The average molecular weight is 308 g/mol. The van der Waals surface area contributed by atoms with Crippen molar-refractivity contribution < 1.29 is 28.8 Å². The third-order valence-corrected chi connectivity index (χ3v) is 3.26. The van der Waals surface area contributed by atoms with E-state index in [2.05, 4.69) is 11.5 Å². The van der Waals surface area contributed by atoms with E-state index >= 15 is 0 Å². The summed E-state index contributed by atoms with van der Waals surface area (Å²) in [6.07, 6.45) is 2.56. The Morgan fingerprint density at radius 2 is 2.00 bits per heavy atom. The zero-order valence-corrected chi connectivity index (χ0v) is 13.2. The fraction of sp³-hybridized carbons (Fsp3) is 0.769. The van der Waals surface area contributed by atoms with Crippen molar-refractivity contribution in [3.63, 3.8) is 0 Å². The molecule has 0 fully saturated rings. The standard InChI is InChI=1S/C13H25O6P/c1-11(2)12(19-15)8-10-17-13(14)7-5-4-6-9-18-20(3)16/h12,15,20H,1,4-10H2,2-3H3. The van der Waals surface area contributed by atoms with Crippen molar-refractivity contribution in [2.24, 2.45) is 0 Å². The van der Waals surface area contributed by atoms with Gasteiger partial charge in [-0.15, -0.1) is 0 Å². The number of rotatable bonds is 12. The van der Waals surface area contributed by atoms with Gasteiger partial charge in [0.1, 0.15) is 6.10 Å². The monoisotopic (exact) mass is 308 g/mol. The van der Waals surface area contributed by atoms with Gasteiger partial charge in [-0.3, -0.25) is 14.6 Å². The summed E-state index contributed by atoms with van der Waals surface area (Å²) in [5.74, 6) is -0.270. The Bertz CT molecular complexity index is 318. The molecular weight excluding hydrogens is 283 g/mol. The van der Waals surface area contributed by atoms with Crippen LogP contribution >= 0.6 is 8.03 Å². The van der Waals surface area contributed by atoms with E-state index in [4.69, 9.17) is 14.5 Å². The van der Waals surface area contributed by atoms with E-state index in [1.807, 2.05) is 0 Å². The van der Waals surface area contributed by atoms with Crippen molar-refractivity contribution in [3.8, 4) is 0 Å². The van der Waals surface area contributed by atoms with Gasteiger partial charge in [-0.2, -0.15) is 0 Å². The molecule has 0 aromatic carbocycles. The van der Waals surface area contributed by atoms with Gasteiger partial charge in [-0.1, -0.05) is 13.0 Å². The van der Waals surface area contributed by atoms with E-state index in [-0.39, 0.29) is 12.6 Å². The quantitative estimate of drug-likeness (QED) is 0.149. The molecule has 7 heteroatoms. The van der Waals surface area contributed by atoms with E-state index in [9.17, 15) is 9.36 Å². The molecule has 0 aliphatic carbocycles. The third kappa shape index (κ3) is 11.2. The zero-order valence-electron chi connectivity index (χ0n) is 12.2. The van der Waals surface area contributed by atoms with Crippen LogP contribution in [0.2, 0.25) is 0 Å². The van der Waals surface area contributed by atoms with Crippen LogP contribution in [-0.2, 0) is 23.5 Å². The van der Waals surface area contributed by atoms with E-state index in [0.717, 1.165) is 12.8 Å². The smallest absolute Gasteiger partial charge is 0.305 e. The SMILES string of the molecule is C=C(C)C(CCOC(=O)CCCCCO[PH](C)=O)OO. The molecule has 2 unspecified atom stereocenters. The molecule has 20 heavy (non-hydrogen) atoms. The average Bonchev–Trinajstić information content (AvgIpc) is 2.38. The van der Waals surface area contributed by atoms with Crippen molar-refractivity contribution in [2.45, 2.75) is 45.1 Å². The molecule has 0 radical (unpaired) electrons. The lowest BCUT2D eigenvalue weighted by Gasteiger charge is -2.12. The third-order valence-electron chi connectivity index (χ3n) is 2.65. The first-order valence-electron chi connectivity index (χ1n) is 6.72. The summed E-state index contributed by atoms with van der Waals surface area (Å²) in [7, 11) is -1.85. The van der Waals surface area contributed by atoms with E-state index in [1.54, 1.807) is 13.6 Å². The lowest BCUT2D eigenvalue weighted by molar-refractivity contribution is -0.270. The maximum Gasteiger partial charge on any atom is 0.305 e. The molecular formula is C13H25O6P. The number of hydrogen-bond acceptors (Lipinski definition) is 6. The second-order valence-electron chi connectivity index (χ2n) is 4.60. The molecule has 0 rings (SSSR count). The molecule has 0 aromatic rings. The van der Waals surface area contributed by atoms with Gasteiger partial charge < -0.3 is 9.26 Å². The topological polar surface area (TPSA) is 82.1 Å². The molecule has 0 aliphatic heterocycles. The Labute approximate surface area is 120 Å². The molecule has 1 N–H and O–H groups in total. The molecule has 0 bridgehead atoms. The van der Waals surface area contributed by atoms with Gasteiger partial charge in [0, 0.05) is 19.5 Å². The predicted molar refractivity (Wildman–Crippen MR) is 77.2 cm³/mol. The maximum atomic E-state index is 11.4. The molecule has 0 saturated carbocycles. The highest BCUT2D eigenvalue weighted by atomic mass is 31.1. The van der Waals surface area contributed by atoms with Crippen LogP contribution in [0, 0.1) is 0 Å². The lowest BCUT2D eigenvalue weighted by atomic mass is 10.1. The van der Waals surface area contributed by atoms with Crippen LogP contribution in [0.1, 0.15) is 39.0 Å². The van der Waals surface area contributed by atoms with Gasteiger partial charge in [-0.05, 0) is 25.3 Å². The highest BCUT2D eigenvalue weighted by Crippen LogP contribution is 2.16. The van der Waals surface area contributed by atoms with Gasteiger partial charge in [0.25, 0.3) is 0 Å². The van der Waals surface area contributed by atoms with Crippen LogP contribution in [0.25, 0.3) is 0 Å². The molecule has 0 aromatic heterocycles. The summed E-state index contributed by atoms with van der Waals surface area (Å²) in [6.45, 7) is 7.60. The first kappa shape index (κ1) is 19.3. The predicted octanol–water partition coefficient (Wildman–Crippen LogP) is 3.04. The van der Waals surface area contributed by atoms with Crippen LogP contribution in [-0.4, -0.2) is 37.2 Å². The van der Waals surface area contributed by atoms with Crippen LogP contribution < -0.4 is 0 Å². The molecule has 118 valence electrons. The maximum absolute atomic E-state index is 11.4. The number of hydrogen-bond donors (Lipinski definition) is 1. The number of ether oxygens (including phenoxy) is 1. The molecule has 0 heterocycles. The van der Waals surface area contributed by atoms with Crippen LogP contribution in [0.4, 0.5) is 0 Å². The summed E-state index contributed by atoms with van der Waals surface area (Å²) in [5.41, 5.74) is 0.679. The van der Waals surface area contributed by atoms with E-state index in [0.29, 0.717) is 31.4 Å². The Morgan fingerprint density at radius 3 is 2.55 bits per heavy atom. The summed E-state index contributed by atoms with van der Waals surface area (Å²) in [6, 6.07) is 0. The van der Waals surface area contributed by atoms with Crippen molar-refractivity contribution in [3.05, 3.63) is 12.2 Å². The normalized spacial score (nSPS) is 13.8. The minimum absolute atomic E-state index is 0.192. The van der Waals surface area contributed by atoms with Gasteiger partial charge in [0.15, 0.2) is 8.03 Å². The number of carbonyl (C=O) groups excluding carboxylic acids is 1. The van der Waals surface area contributed by atoms with Crippen LogP contribution in [0.5, 0.6) is 0 Å². The largest absolute Gasteiger partial charge is 0.466 e. The molecule has 0 amide bonds. The minimum Gasteiger partial charge on any atom is -0.466 e. The van der Waals surface area contributed by atoms with Crippen LogP contribution in [0.3, 0.4) is 0 Å². The van der Waals surface area contributed by atoms with Gasteiger partial charge in [-0.25, -0.2) is 4.89 Å². The summed E-state index contributed by atoms with van der Waals surface area (Å²) >= 11 is 0. The zero-order chi connectivity index (χ0) is 15.4. The van der Waals surface area contributed by atoms with Gasteiger partial charge in [0.05, 0.1) is 13.2 Å². The van der Waals surface area contributed by atoms with Crippen molar-refractivity contribution in [1.29, 1.82) is 0 Å². The van der Waals surface area contributed by atoms with Crippen molar-refractivity contribution in [2.75, 3.05) is 19.9 Å². The number of unbranched alkanes of at least 4 members (excludes halogenated alkanes) is 2. The van der Waals surface area contributed by atoms with Gasteiger partial charge >= 0.3 is 5.97 Å². The second-order valence-corrected chi connectivity index (χ2v) is 5.87. The number of esters is 1. The number of carbonyl (C=O) groups is 1. The van der Waals surface area contributed by atoms with Gasteiger partial charge in [0.2, 0.25) is 0 Å². The lowest BCUT2D eigenvalue weighted by Crippen LogP contribution is -2.16. The molecule has 2 atom stereocenters. The van der Waals surface area contributed by atoms with E-state index in [1.165, 1.54) is 0 Å². The fourth-order valence-corrected chi connectivity index (χ4v) is 1.94. The van der Waals surface area contributed by atoms with Crippen molar-refractivity contribution in [1.82, 2.24) is 0 Å².